The van der Waals surface area contributed by atoms with Gasteiger partial charge in [-0.25, -0.2) is 9.78 Å². The van der Waals surface area contributed by atoms with Crippen LogP contribution in [-0.4, -0.2) is 61.2 Å². The summed E-state index contributed by atoms with van der Waals surface area (Å²) >= 11 is 0. The van der Waals surface area contributed by atoms with Crippen molar-refractivity contribution in [2.75, 3.05) is 34.4 Å². The van der Waals surface area contributed by atoms with Crippen LogP contribution in [0.2, 0.25) is 0 Å². The minimum Gasteiger partial charge on any atom is -0.460 e. The second kappa shape index (κ2) is 7.94. The monoisotopic (exact) mass is 345 g/mol. The molecule has 7 nitrogen and oxygen atoms in total. The number of hydrogen-bond donors (Lipinski definition) is 1. The predicted molar refractivity (Wildman–Crippen MR) is 93.7 cm³/mol. The molecular formula is C18H23N3O4. The number of aryl methyl sites for hydroxylation is 2. The first-order valence-corrected chi connectivity index (χ1v) is 7.89. The minimum absolute atomic E-state index is 0.164. The van der Waals surface area contributed by atoms with Crippen molar-refractivity contribution in [1.29, 1.82) is 0 Å². The summed E-state index contributed by atoms with van der Waals surface area (Å²) in [5.74, 6) is -0.0386. The second-order valence-corrected chi connectivity index (χ2v) is 5.96. The first-order valence-electron chi connectivity index (χ1n) is 7.89. The number of benzene rings is 1. The Labute approximate surface area is 147 Å². The van der Waals surface area contributed by atoms with Crippen LogP contribution >= 0.6 is 0 Å². The van der Waals surface area contributed by atoms with Crippen molar-refractivity contribution in [3.05, 3.63) is 40.7 Å². The molecule has 134 valence electrons. The van der Waals surface area contributed by atoms with Gasteiger partial charge in [-0.2, -0.15) is 0 Å². The van der Waals surface area contributed by atoms with Crippen LogP contribution in [-0.2, 0) is 9.47 Å². The zero-order valence-corrected chi connectivity index (χ0v) is 15.2. The average molecular weight is 345 g/mol. The number of ether oxygens (including phenoxy) is 2. The van der Waals surface area contributed by atoms with E-state index in [1.807, 2.05) is 19.9 Å². The highest BCUT2D eigenvalue weighted by Gasteiger charge is 2.17. The smallest absolute Gasteiger partial charge is 0.338 e. The summed E-state index contributed by atoms with van der Waals surface area (Å²) in [4.78, 5) is 33.1. The number of nitrogens with one attached hydrogen (secondary N) is 1. The van der Waals surface area contributed by atoms with E-state index >= 15 is 0 Å². The molecule has 25 heavy (non-hydrogen) atoms. The number of H-pyrrole nitrogens is 1. The van der Waals surface area contributed by atoms with Crippen LogP contribution in [0, 0.1) is 13.8 Å². The molecule has 0 radical (unpaired) electrons. The molecule has 2 rings (SSSR count). The fourth-order valence-electron chi connectivity index (χ4n) is 2.43. The van der Waals surface area contributed by atoms with Crippen molar-refractivity contribution in [3.63, 3.8) is 0 Å². The van der Waals surface area contributed by atoms with Crippen LogP contribution in [0.15, 0.2) is 18.3 Å². The normalized spacial score (nSPS) is 10.6. The van der Waals surface area contributed by atoms with E-state index in [0.717, 1.165) is 16.7 Å². The molecule has 1 aromatic carbocycles. The van der Waals surface area contributed by atoms with Crippen LogP contribution in [0.5, 0.6) is 0 Å². The molecule has 0 aliphatic heterocycles. The first kappa shape index (κ1) is 18.7. The lowest BCUT2D eigenvalue weighted by molar-refractivity contribution is 0.0387. The van der Waals surface area contributed by atoms with Crippen molar-refractivity contribution < 1.29 is 19.1 Å². The summed E-state index contributed by atoms with van der Waals surface area (Å²) in [5, 5.41) is 0. The third kappa shape index (κ3) is 4.24. The highest BCUT2D eigenvalue weighted by Crippen LogP contribution is 2.25. The molecule has 0 fully saturated rings. The van der Waals surface area contributed by atoms with Crippen molar-refractivity contribution in [1.82, 2.24) is 14.9 Å². The standard InChI is InChI=1S/C18H23N3O4/c1-11-8-12(2)14(18(23)25-7-6-24-5)9-13(11)16-19-10-15(20-16)17(22)21(3)4/h8-10H,6-7H2,1-5H3,(H,19,20). The van der Waals surface area contributed by atoms with Gasteiger partial charge in [0.15, 0.2) is 0 Å². The SMILES string of the molecule is COCCOC(=O)c1cc(-c2ncc(C(=O)N(C)C)[nH]2)c(C)cc1C. The maximum atomic E-state index is 12.3. The van der Waals surface area contributed by atoms with Gasteiger partial charge in [-0.3, -0.25) is 4.79 Å². The topological polar surface area (TPSA) is 84.5 Å². The molecule has 0 saturated heterocycles. The van der Waals surface area contributed by atoms with Crippen LogP contribution in [0.4, 0.5) is 0 Å². The van der Waals surface area contributed by atoms with Gasteiger partial charge in [-0.1, -0.05) is 6.07 Å². The van der Waals surface area contributed by atoms with E-state index in [1.54, 1.807) is 27.3 Å². The lowest BCUT2D eigenvalue weighted by atomic mass is 9.99. The third-order valence-corrected chi connectivity index (χ3v) is 3.78. The molecular weight excluding hydrogens is 322 g/mol. The molecule has 0 atom stereocenters. The third-order valence-electron chi connectivity index (χ3n) is 3.78. The number of hydrogen-bond acceptors (Lipinski definition) is 5. The van der Waals surface area contributed by atoms with E-state index < -0.39 is 5.97 Å². The summed E-state index contributed by atoms with van der Waals surface area (Å²) in [6, 6.07) is 3.64. The molecule has 0 bridgehead atoms. The van der Waals surface area contributed by atoms with Gasteiger partial charge in [-0.05, 0) is 31.0 Å². The number of amides is 1. The molecule has 1 heterocycles. The maximum absolute atomic E-state index is 12.3. The van der Waals surface area contributed by atoms with E-state index in [9.17, 15) is 9.59 Å². The van der Waals surface area contributed by atoms with Gasteiger partial charge in [-0.15, -0.1) is 0 Å². The number of methoxy groups -OCH3 is 1. The number of nitrogens with zero attached hydrogens (tertiary/aromatic N) is 2. The quantitative estimate of drug-likeness (QED) is 0.641. The molecule has 2 aromatic rings. The van der Waals surface area contributed by atoms with E-state index in [0.29, 0.717) is 23.7 Å². The molecule has 1 N–H and O–H groups in total. The van der Waals surface area contributed by atoms with Crippen LogP contribution < -0.4 is 0 Å². The van der Waals surface area contributed by atoms with Gasteiger partial charge < -0.3 is 19.4 Å². The summed E-state index contributed by atoms with van der Waals surface area (Å²) in [6.07, 6.45) is 1.49. The van der Waals surface area contributed by atoms with Crippen molar-refractivity contribution in [3.8, 4) is 11.4 Å². The Bertz CT molecular complexity index is 781. The number of aromatic amines is 1. The number of aromatic nitrogens is 2. The molecule has 7 heteroatoms. The number of carbonyl (C=O) groups is 2. The van der Waals surface area contributed by atoms with E-state index in [4.69, 9.17) is 9.47 Å². The van der Waals surface area contributed by atoms with Gasteiger partial charge >= 0.3 is 5.97 Å². The summed E-state index contributed by atoms with van der Waals surface area (Å²) in [6.45, 7) is 4.32. The fourth-order valence-corrected chi connectivity index (χ4v) is 2.43. The molecule has 1 aromatic heterocycles. The number of esters is 1. The van der Waals surface area contributed by atoms with Crippen molar-refractivity contribution in [2.45, 2.75) is 13.8 Å². The largest absolute Gasteiger partial charge is 0.460 e. The van der Waals surface area contributed by atoms with Crippen molar-refractivity contribution >= 4 is 11.9 Å². The first-order chi connectivity index (χ1) is 11.8. The van der Waals surface area contributed by atoms with E-state index in [2.05, 4.69) is 9.97 Å². The molecule has 0 unspecified atom stereocenters. The van der Waals surface area contributed by atoms with Gasteiger partial charge in [0.2, 0.25) is 0 Å². The van der Waals surface area contributed by atoms with E-state index in [-0.39, 0.29) is 12.5 Å². The molecule has 0 aliphatic rings. The second-order valence-electron chi connectivity index (χ2n) is 5.96. The average Bonchev–Trinajstić information content (AvgIpc) is 3.03. The number of rotatable bonds is 6. The molecule has 0 aliphatic carbocycles. The Morgan fingerprint density at radius 1 is 1.16 bits per heavy atom. The minimum atomic E-state index is -0.410. The number of imidazole rings is 1. The predicted octanol–water partition coefficient (Wildman–Crippen LogP) is 2.20. The van der Waals surface area contributed by atoms with Crippen molar-refractivity contribution in [2.24, 2.45) is 0 Å². The zero-order chi connectivity index (χ0) is 18.6. The zero-order valence-electron chi connectivity index (χ0n) is 15.2. The summed E-state index contributed by atoms with van der Waals surface area (Å²) < 4.78 is 10.1. The Morgan fingerprint density at radius 3 is 2.52 bits per heavy atom. The molecule has 0 saturated carbocycles. The van der Waals surface area contributed by atoms with E-state index in [1.165, 1.54) is 11.1 Å². The van der Waals surface area contributed by atoms with Crippen LogP contribution in [0.3, 0.4) is 0 Å². The highest BCUT2D eigenvalue weighted by molar-refractivity contribution is 5.94. The Balaban J connectivity index is 2.34. The fraction of sp³-hybridized carbons (Fsp3) is 0.389. The van der Waals surface area contributed by atoms with Crippen LogP contribution in [0.25, 0.3) is 11.4 Å². The van der Waals surface area contributed by atoms with Crippen LogP contribution in [0.1, 0.15) is 32.0 Å². The molecule has 1 amide bonds. The lowest BCUT2D eigenvalue weighted by Crippen LogP contribution is -2.21. The lowest BCUT2D eigenvalue weighted by Gasteiger charge is -2.11. The van der Waals surface area contributed by atoms with Gasteiger partial charge in [0, 0.05) is 26.8 Å². The Hall–Kier alpha value is -2.67. The Kier molecular flexibility index (Phi) is 5.93. The highest BCUT2D eigenvalue weighted by atomic mass is 16.6. The maximum Gasteiger partial charge on any atom is 0.338 e. The van der Waals surface area contributed by atoms with Gasteiger partial charge in [0.05, 0.1) is 18.4 Å². The number of carbonyl (C=O) groups excluding carboxylic acids is 2. The Morgan fingerprint density at radius 2 is 1.88 bits per heavy atom. The summed E-state index contributed by atoms with van der Waals surface area (Å²) in [7, 11) is 4.90. The summed E-state index contributed by atoms with van der Waals surface area (Å²) in [5.41, 5.74) is 3.38. The molecule has 0 spiro atoms. The van der Waals surface area contributed by atoms with Gasteiger partial charge in [0.1, 0.15) is 18.1 Å². The van der Waals surface area contributed by atoms with Gasteiger partial charge in [0.25, 0.3) is 5.91 Å².